The van der Waals surface area contributed by atoms with E-state index < -0.39 is 16.1 Å². The molecule has 0 saturated carbocycles. The zero-order valence-electron chi connectivity index (χ0n) is 18.4. The van der Waals surface area contributed by atoms with Gasteiger partial charge in [0.15, 0.2) is 6.10 Å². The molecule has 1 amide bonds. The van der Waals surface area contributed by atoms with Crippen molar-refractivity contribution in [2.75, 3.05) is 30.7 Å². The van der Waals surface area contributed by atoms with E-state index in [2.05, 4.69) is 16.3 Å². The highest BCUT2D eigenvalue weighted by Crippen LogP contribution is 2.21. The van der Waals surface area contributed by atoms with Gasteiger partial charge in [0.2, 0.25) is 10.0 Å². The maximum absolute atomic E-state index is 12.5. The number of benzene rings is 2. The van der Waals surface area contributed by atoms with Gasteiger partial charge < -0.3 is 10.1 Å². The molecule has 8 heteroatoms. The lowest BCUT2D eigenvalue weighted by Crippen LogP contribution is -2.36. The van der Waals surface area contributed by atoms with Crippen LogP contribution >= 0.6 is 0 Å². The summed E-state index contributed by atoms with van der Waals surface area (Å²) in [5.41, 5.74) is 2.88. The number of ether oxygens (including phenoxy) is 1. The van der Waals surface area contributed by atoms with E-state index in [4.69, 9.17) is 4.74 Å². The number of hydrogen-bond donors (Lipinski definition) is 1. The minimum Gasteiger partial charge on any atom is -0.481 e. The van der Waals surface area contributed by atoms with E-state index in [1.54, 1.807) is 31.2 Å². The van der Waals surface area contributed by atoms with Crippen molar-refractivity contribution in [2.45, 2.75) is 39.0 Å². The Labute approximate surface area is 185 Å². The Hall–Kier alpha value is -2.58. The van der Waals surface area contributed by atoms with Gasteiger partial charge in [-0.15, -0.1) is 0 Å². The van der Waals surface area contributed by atoms with Crippen LogP contribution in [0.1, 0.15) is 30.9 Å². The largest absolute Gasteiger partial charge is 0.481 e. The van der Waals surface area contributed by atoms with Crippen LogP contribution < -0.4 is 14.4 Å². The van der Waals surface area contributed by atoms with E-state index in [0.29, 0.717) is 18.0 Å². The molecule has 1 atom stereocenters. The second kappa shape index (κ2) is 10.2. The fourth-order valence-electron chi connectivity index (χ4n) is 3.58. The zero-order chi connectivity index (χ0) is 22.4. The Kier molecular flexibility index (Phi) is 7.56. The van der Waals surface area contributed by atoms with Gasteiger partial charge in [-0.3, -0.25) is 14.0 Å². The molecule has 1 N–H and O–H groups in total. The van der Waals surface area contributed by atoms with Gasteiger partial charge in [-0.25, -0.2) is 8.42 Å². The molecule has 0 aliphatic carbocycles. The summed E-state index contributed by atoms with van der Waals surface area (Å²) in [4.78, 5) is 15.0. The summed E-state index contributed by atoms with van der Waals surface area (Å²) in [6.45, 7) is 5.32. The quantitative estimate of drug-likeness (QED) is 0.642. The number of sulfonamides is 1. The molecule has 0 unspecified atom stereocenters. The van der Waals surface area contributed by atoms with E-state index in [9.17, 15) is 13.2 Å². The van der Waals surface area contributed by atoms with Gasteiger partial charge in [0.05, 0.1) is 11.9 Å². The number of carbonyl (C=O) groups excluding carboxylic acids is 1. The Morgan fingerprint density at radius 1 is 1.10 bits per heavy atom. The van der Waals surface area contributed by atoms with E-state index in [0.717, 1.165) is 31.5 Å². The number of likely N-dealkylation sites (tertiary alicyclic amines) is 1. The molecule has 1 aliphatic heterocycles. The van der Waals surface area contributed by atoms with E-state index in [1.165, 1.54) is 29.8 Å². The van der Waals surface area contributed by atoms with Crippen LogP contribution in [-0.2, 0) is 27.9 Å². The van der Waals surface area contributed by atoms with Crippen molar-refractivity contribution in [1.29, 1.82) is 0 Å². The maximum Gasteiger partial charge on any atom is 0.261 e. The molecule has 1 fully saturated rings. The van der Waals surface area contributed by atoms with E-state index in [-0.39, 0.29) is 5.91 Å². The van der Waals surface area contributed by atoms with E-state index in [1.807, 2.05) is 18.2 Å². The molecule has 0 aromatic heterocycles. The third-order valence-corrected chi connectivity index (χ3v) is 6.75. The van der Waals surface area contributed by atoms with Crippen molar-refractivity contribution < 1.29 is 17.9 Å². The van der Waals surface area contributed by atoms with Gasteiger partial charge in [-0.05, 0) is 68.2 Å². The predicted molar refractivity (Wildman–Crippen MR) is 123 cm³/mol. The first-order valence-corrected chi connectivity index (χ1v) is 12.4. The first-order valence-electron chi connectivity index (χ1n) is 10.5. The molecule has 3 rings (SSSR count). The Balaban J connectivity index is 1.54. The summed E-state index contributed by atoms with van der Waals surface area (Å²) < 4.78 is 30.2. The molecule has 1 heterocycles. The number of amides is 1. The van der Waals surface area contributed by atoms with Crippen molar-refractivity contribution in [3.63, 3.8) is 0 Å². The molecule has 2 aromatic carbocycles. The lowest BCUT2D eigenvalue weighted by atomic mass is 10.1. The third-order valence-electron chi connectivity index (χ3n) is 5.54. The van der Waals surface area contributed by atoms with Crippen molar-refractivity contribution in [3.05, 3.63) is 59.7 Å². The van der Waals surface area contributed by atoms with Crippen LogP contribution in [0.5, 0.6) is 5.75 Å². The van der Waals surface area contributed by atoms with Gasteiger partial charge in [-0.1, -0.05) is 24.3 Å². The number of anilines is 1. The molecular weight excluding hydrogens is 414 g/mol. The lowest BCUT2D eigenvalue weighted by Gasteiger charge is -2.19. The average Bonchev–Trinajstić information content (AvgIpc) is 3.25. The molecule has 0 spiro atoms. The number of carbonyl (C=O) groups is 1. The topological polar surface area (TPSA) is 78.9 Å². The van der Waals surface area contributed by atoms with Gasteiger partial charge >= 0.3 is 0 Å². The second-order valence-corrected chi connectivity index (χ2v) is 9.97. The van der Waals surface area contributed by atoms with Crippen LogP contribution in [0.25, 0.3) is 0 Å². The fourth-order valence-corrected chi connectivity index (χ4v) is 4.08. The minimum atomic E-state index is -3.32. The van der Waals surface area contributed by atoms with Crippen molar-refractivity contribution in [3.8, 4) is 5.75 Å². The first kappa shape index (κ1) is 23.1. The van der Waals surface area contributed by atoms with Crippen molar-refractivity contribution >= 4 is 21.6 Å². The van der Waals surface area contributed by atoms with Crippen molar-refractivity contribution in [1.82, 2.24) is 10.2 Å². The third kappa shape index (κ3) is 6.45. The number of rotatable bonds is 9. The lowest BCUT2D eigenvalue weighted by molar-refractivity contribution is -0.127. The highest BCUT2D eigenvalue weighted by Gasteiger charge is 2.17. The Bertz CT molecular complexity index is 986. The van der Waals surface area contributed by atoms with Crippen LogP contribution in [0.3, 0.4) is 0 Å². The second-order valence-electron chi connectivity index (χ2n) is 7.95. The number of hydrogen-bond acceptors (Lipinski definition) is 5. The van der Waals surface area contributed by atoms with Crippen LogP contribution in [0.2, 0.25) is 0 Å². The first-order chi connectivity index (χ1) is 14.7. The summed E-state index contributed by atoms with van der Waals surface area (Å²) in [5.74, 6) is 0.302. The highest BCUT2D eigenvalue weighted by molar-refractivity contribution is 7.92. The normalized spacial score (nSPS) is 15.5. The van der Waals surface area contributed by atoms with Crippen molar-refractivity contribution in [2.24, 2.45) is 0 Å². The smallest absolute Gasteiger partial charge is 0.261 e. The fraction of sp³-hybridized carbons (Fsp3) is 0.435. The molecular formula is C23H31N3O4S. The summed E-state index contributed by atoms with van der Waals surface area (Å²) in [6, 6.07) is 14.8. The number of nitrogens with one attached hydrogen (secondary N) is 1. The van der Waals surface area contributed by atoms with Gasteiger partial charge in [0, 0.05) is 20.1 Å². The highest BCUT2D eigenvalue weighted by atomic mass is 32.2. The maximum atomic E-state index is 12.5. The SMILES string of the molecule is C[C@@H](Oc1ccc(N(C)S(C)(=O)=O)cc1)C(=O)NCc1ccccc1CN1CCCC1. The molecule has 0 bridgehead atoms. The molecule has 1 aliphatic rings. The predicted octanol–water partition coefficient (Wildman–Crippen LogP) is 2.76. The Morgan fingerprint density at radius 3 is 2.32 bits per heavy atom. The van der Waals surface area contributed by atoms with Gasteiger partial charge in [0.25, 0.3) is 5.91 Å². The molecule has 2 aromatic rings. The summed E-state index contributed by atoms with van der Waals surface area (Å²) >= 11 is 0. The molecule has 1 saturated heterocycles. The van der Waals surface area contributed by atoms with Gasteiger partial charge in [0.1, 0.15) is 5.75 Å². The zero-order valence-corrected chi connectivity index (χ0v) is 19.2. The molecule has 7 nitrogen and oxygen atoms in total. The van der Waals surface area contributed by atoms with Crippen LogP contribution in [0.15, 0.2) is 48.5 Å². The van der Waals surface area contributed by atoms with E-state index >= 15 is 0 Å². The van der Waals surface area contributed by atoms with Crippen LogP contribution in [-0.4, -0.2) is 51.7 Å². The van der Waals surface area contributed by atoms with Gasteiger partial charge in [-0.2, -0.15) is 0 Å². The molecule has 168 valence electrons. The summed E-state index contributed by atoms with van der Waals surface area (Å²) in [5, 5.41) is 2.96. The molecule has 31 heavy (non-hydrogen) atoms. The number of nitrogens with zero attached hydrogens (tertiary/aromatic N) is 2. The monoisotopic (exact) mass is 445 g/mol. The van der Waals surface area contributed by atoms with Crippen LogP contribution in [0.4, 0.5) is 5.69 Å². The Morgan fingerprint density at radius 2 is 1.71 bits per heavy atom. The van der Waals surface area contributed by atoms with Crippen LogP contribution in [0, 0.1) is 0 Å². The summed E-state index contributed by atoms with van der Waals surface area (Å²) in [6.07, 6.45) is 2.97. The minimum absolute atomic E-state index is 0.201. The summed E-state index contributed by atoms with van der Waals surface area (Å²) in [7, 11) is -1.84. The molecule has 0 radical (unpaired) electrons. The average molecular weight is 446 g/mol. The standard InChI is InChI=1S/C23H31N3O4S/c1-18(30-22-12-10-21(11-13-22)25(2)31(3,28)29)23(27)24-16-19-8-4-5-9-20(19)17-26-14-6-7-15-26/h4-5,8-13,18H,6-7,14-17H2,1-3H3,(H,24,27)/t18-/m1/s1.